The summed E-state index contributed by atoms with van der Waals surface area (Å²) in [6, 6.07) is 10.6. The fourth-order valence-electron chi connectivity index (χ4n) is 1.93. The SMILES string of the molecule is CC(C)CNCc1cccc(SCc2ccncc2Cl)c1. The lowest BCUT2D eigenvalue weighted by Crippen LogP contribution is -2.18. The number of hydrogen-bond donors (Lipinski definition) is 1. The van der Waals surface area contributed by atoms with Gasteiger partial charge in [-0.2, -0.15) is 0 Å². The second kappa shape index (κ2) is 8.42. The first kappa shape index (κ1) is 16.3. The number of halogens is 1. The molecule has 0 aliphatic carbocycles. The van der Waals surface area contributed by atoms with Crippen LogP contribution >= 0.6 is 23.4 Å². The van der Waals surface area contributed by atoms with Crippen LogP contribution in [0.15, 0.2) is 47.6 Å². The van der Waals surface area contributed by atoms with E-state index in [1.165, 1.54) is 10.5 Å². The predicted molar refractivity (Wildman–Crippen MR) is 91.8 cm³/mol. The van der Waals surface area contributed by atoms with E-state index in [0.717, 1.165) is 29.4 Å². The summed E-state index contributed by atoms with van der Waals surface area (Å²) >= 11 is 7.94. The summed E-state index contributed by atoms with van der Waals surface area (Å²) in [4.78, 5) is 5.28. The van der Waals surface area contributed by atoms with E-state index in [4.69, 9.17) is 11.6 Å². The van der Waals surface area contributed by atoms with Gasteiger partial charge in [0.05, 0.1) is 5.02 Å². The van der Waals surface area contributed by atoms with Crippen LogP contribution in [0.5, 0.6) is 0 Å². The molecule has 1 aromatic carbocycles. The Morgan fingerprint density at radius 1 is 1.29 bits per heavy atom. The number of nitrogens with zero attached hydrogens (tertiary/aromatic N) is 1. The zero-order valence-electron chi connectivity index (χ0n) is 12.5. The number of aromatic nitrogens is 1. The standard InChI is InChI=1S/C17H21ClN2S/c1-13(2)9-20-10-14-4-3-5-16(8-14)21-12-15-6-7-19-11-17(15)18/h3-8,11,13,20H,9-10,12H2,1-2H3. The van der Waals surface area contributed by atoms with Crippen LogP contribution in [-0.2, 0) is 12.3 Å². The van der Waals surface area contributed by atoms with E-state index in [-0.39, 0.29) is 0 Å². The highest BCUT2D eigenvalue weighted by Gasteiger charge is 2.02. The first-order valence-electron chi connectivity index (χ1n) is 7.16. The maximum Gasteiger partial charge on any atom is 0.0629 e. The Labute approximate surface area is 136 Å². The van der Waals surface area contributed by atoms with Crippen LogP contribution in [-0.4, -0.2) is 11.5 Å². The van der Waals surface area contributed by atoms with Gasteiger partial charge in [0.1, 0.15) is 0 Å². The number of hydrogen-bond acceptors (Lipinski definition) is 3. The van der Waals surface area contributed by atoms with Crippen molar-refractivity contribution in [1.82, 2.24) is 10.3 Å². The molecule has 0 saturated carbocycles. The van der Waals surface area contributed by atoms with E-state index < -0.39 is 0 Å². The first-order valence-corrected chi connectivity index (χ1v) is 8.52. The summed E-state index contributed by atoms with van der Waals surface area (Å²) in [7, 11) is 0. The summed E-state index contributed by atoms with van der Waals surface area (Å²) in [6.45, 7) is 6.40. The van der Waals surface area contributed by atoms with Gasteiger partial charge < -0.3 is 5.32 Å². The van der Waals surface area contributed by atoms with E-state index in [0.29, 0.717) is 5.92 Å². The fourth-order valence-corrected chi connectivity index (χ4v) is 3.18. The van der Waals surface area contributed by atoms with Crippen LogP contribution < -0.4 is 5.32 Å². The minimum Gasteiger partial charge on any atom is -0.312 e. The summed E-state index contributed by atoms with van der Waals surface area (Å²) < 4.78 is 0. The highest BCUT2D eigenvalue weighted by Crippen LogP contribution is 2.26. The molecule has 0 bridgehead atoms. The van der Waals surface area contributed by atoms with Gasteiger partial charge in [-0.3, -0.25) is 4.98 Å². The molecule has 0 amide bonds. The smallest absolute Gasteiger partial charge is 0.0629 e. The Bertz CT molecular complexity index is 572. The number of benzene rings is 1. The van der Waals surface area contributed by atoms with Crippen molar-refractivity contribution in [3.05, 3.63) is 58.9 Å². The Kier molecular flexibility index (Phi) is 6.55. The van der Waals surface area contributed by atoms with Crippen LogP contribution in [0.25, 0.3) is 0 Å². The largest absolute Gasteiger partial charge is 0.312 e. The minimum absolute atomic E-state index is 0.677. The van der Waals surface area contributed by atoms with Crippen molar-refractivity contribution in [3.63, 3.8) is 0 Å². The number of rotatable bonds is 7. The summed E-state index contributed by atoms with van der Waals surface area (Å²) in [5.74, 6) is 1.54. The molecular weight excluding hydrogens is 300 g/mol. The lowest BCUT2D eigenvalue weighted by atomic mass is 10.2. The molecule has 2 aromatic rings. The molecule has 2 nitrogen and oxygen atoms in total. The van der Waals surface area contributed by atoms with Crippen LogP contribution in [0.3, 0.4) is 0 Å². The van der Waals surface area contributed by atoms with Gasteiger partial charge in [-0.05, 0) is 41.8 Å². The normalized spacial score (nSPS) is 11.0. The Morgan fingerprint density at radius 2 is 2.14 bits per heavy atom. The molecule has 0 radical (unpaired) electrons. The molecule has 0 aliphatic heterocycles. The van der Waals surface area contributed by atoms with Crippen LogP contribution in [0.4, 0.5) is 0 Å². The molecular formula is C17H21ClN2S. The van der Waals surface area contributed by atoms with Gasteiger partial charge in [0.15, 0.2) is 0 Å². The monoisotopic (exact) mass is 320 g/mol. The van der Waals surface area contributed by atoms with Crippen molar-refractivity contribution in [2.45, 2.75) is 31.0 Å². The van der Waals surface area contributed by atoms with Gasteiger partial charge in [-0.15, -0.1) is 11.8 Å². The van der Waals surface area contributed by atoms with Crippen molar-refractivity contribution in [1.29, 1.82) is 0 Å². The van der Waals surface area contributed by atoms with Gasteiger partial charge in [0.25, 0.3) is 0 Å². The minimum atomic E-state index is 0.677. The number of pyridine rings is 1. The van der Waals surface area contributed by atoms with Crippen molar-refractivity contribution in [2.75, 3.05) is 6.54 Å². The Balaban J connectivity index is 1.90. The molecule has 1 aromatic heterocycles. The van der Waals surface area contributed by atoms with Gasteiger partial charge in [-0.25, -0.2) is 0 Å². The van der Waals surface area contributed by atoms with Gasteiger partial charge in [-0.1, -0.05) is 37.6 Å². The summed E-state index contributed by atoms with van der Waals surface area (Å²) in [6.07, 6.45) is 3.48. The van der Waals surface area contributed by atoms with Gasteiger partial charge in [0, 0.05) is 29.6 Å². The van der Waals surface area contributed by atoms with Gasteiger partial charge >= 0.3 is 0 Å². The lowest BCUT2D eigenvalue weighted by Gasteiger charge is -2.09. The molecule has 0 spiro atoms. The van der Waals surface area contributed by atoms with Crippen molar-refractivity contribution in [3.8, 4) is 0 Å². The molecule has 4 heteroatoms. The van der Waals surface area contributed by atoms with E-state index in [9.17, 15) is 0 Å². The predicted octanol–water partition coefficient (Wildman–Crippen LogP) is 4.77. The molecule has 0 aliphatic rings. The topological polar surface area (TPSA) is 24.9 Å². The number of thioether (sulfide) groups is 1. The average molecular weight is 321 g/mol. The molecule has 2 rings (SSSR count). The second-order valence-electron chi connectivity index (χ2n) is 5.43. The van der Waals surface area contributed by atoms with Crippen molar-refractivity contribution < 1.29 is 0 Å². The zero-order chi connectivity index (χ0) is 15.1. The van der Waals surface area contributed by atoms with Crippen LogP contribution in [0.1, 0.15) is 25.0 Å². The van der Waals surface area contributed by atoms with E-state index in [1.807, 2.05) is 6.07 Å². The quantitative estimate of drug-likeness (QED) is 0.744. The van der Waals surface area contributed by atoms with Gasteiger partial charge in [0.2, 0.25) is 0 Å². The molecule has 0 atom stereocenters. The van der Waals surface area contributed by atoms with Crippen molar-refractivity contribution in [2.24, 2.45) is 5.92 Å². The Hall–Kier alpha value is -1.03. The Morgan fingerprint density at radius 3 is 2.90 bits per heavy atom. The molecule has 21 heavy (non-hydrogen) atoms. The van der Waals surface area contributed by atoms with E-state index in [2.05, 4.69) is 48.4 Å². The van der Waals surface area contributed by atoms with E-state index in [1.54, 1.807) is 24.2 Å². The average Bonchev–Trinajstić information content (AvgIpc) is 2.46. The summed E-state index contributed by atoms with van der Waals surface area (Å²) in [5, 5.41) is 4.21. The fraction of sp³-hybridized carbons (Fsp3) is 0.353. The molecule has 0 fully saturated rings. The summed E-state index contributed by atoms with van der Waals surface area (Å²) in [5.41, 5.74) is 2.45. The third-order valence-electron chi connectivity index (χ3n) is 3.03. The molecule has 0 unspecified atom stereocenters. The number of nitrogens with one attached hydrogen (secondary N) is 1. The molecule has 0 saturated heterocycles. The highest BCUT2D eigenvalue weighted by atomic mass is 35.5. The second-order valence-corrected chi connectivity index (χ2v) is 6.88. The lowest BCUT2D eigenvalue weighted by molar-refractivity contribution is 0.552. The first-order chi connectivity index (χ1) is 10.1. The van der Waals surface area contributed by atoms with Crippen LogP contribution in [0.2, 0.25) is 5.02 Å². The maximum atomic E-state index is 6.13. The van der Waals surface area contributed by atoms with Crippen molar-refractivity contribution >= 4 is 23.4 Å². The highest BCUT2D eigenvalue weighted by molar-refractivity contribution is 7.98. The third-order valence-corrected chi connectivity index (χ3v) is 4.41. The third kappa shape index (κ3) is 5.70. The van der Waals surface area contributed by atoms with E-state index >= 15 is 0 Å². The molecule has 112 valence electrons. The zero-order valence-corrected chi connectivity index (χ0v) is 14.0. The van der Waals surface area contributed by atoms with Crippen LogP contribution in [0, 0.1) is 5.92 Å². The maximum absolute atomic E-state index is 6.13. The molecule has 1 heterocycles. The molecule has 1 N–H and O–H groups in total.